The Morgan fingerprint density at radius 3 is 2.28 bits per heavy atom. The molecular weight excluding hydrogens is 413 g/mol. The van der Waals surface area contributed by atoms with Gasteiger partial charge in [-0.1, -0.05) is 39.2 Å². The number of nitrogens with one attached hydrogen (secondary N) is 2. The molecule has 2 aromatic carbocycles. The molecule has 2 aromatic rings. The van der Waals surface area contributed by atoms with E-state index >= 15 is 0 Å². The zero-order chi connectivity index (χ0) is 23.7. The summed E-state index contributed by atoms with van der Waals surface area (Å²) in [5.41, 5.74) is 9.92. The smallest absolute Gasteiger partial charge is 0.393 e. The number of nitrogens with zero attached hydrogens (tertiary/aromatic N) is 1. The molecule has 0 aliphatic heterocycles. The molecule has 0 amide bonds. The number of nitrogen functional groups attached to an aromatic ring is 1. The van der Waals surface area contributed by atoms with Gasteiger partial charge in [0.2, 0.25) is 0 Å². The fourth-order valence-electron chi connectivity index (χ4n) is 3.90. The highest BCUT2D eigenvalue weighted by molar-refractivity contribution is 5.82. The first-order valence-corrected chi connectivity index (χ1v) is 11.5. The molecule has 0 spiro atoms. The van der Waals surface area contributed by atoms with Crippen molar-refractivity contribution in [3.8, 4) is 0 Å². The maximum absolute atomic E-state index is 12.6. The number of halogens is 3. The molecule has 0 radical (unpaired) electrons. The Labute approximate surface area is 190 Å². The van der Waals surface area contributed by atoms with E-state index in [2.05, 4.69) is 48.4 Å². The van der Waals surface area contributed by atoms with E-state index in [0.717, 1.165) is 30.2 Å². The van der Waals surface area contributed by atoms with Gasteiger partial charge in [-0.2, -0.15) is 13.2 Å². The lowest BCUT2D eigenvalue weighted by Crippen LogP contribution is -2.29. The van der Waals surface area contributed by atoms with Gasteiger partial charge in [0.05, 0.1) is 29.2 Å². The summed E-state index contributed by atoms with van der Waals surface area (Å²) in [6.07, 6.45) is -0.367. The molecule has 1 unspecified atom stereocenters. The van der Waals surface area contributed by atoms with E-state index in [9.17, 15) is 13.2 Å². The van der Waals surface area contributed by atoms with Crippen LogP contribution in [0.2, 0.25) is 0 Å². The van der Waals surface area contributed by atoms with Crippen LogP contribution in [0.5, 0.6) is 0 Å². The standard InChI is InChI=1S/C25H37F3N4/c1-5-8-9-18(6-2)17-32(7-3)20-11-13-23(24(15-20)30-4)31-22-12-10-19(14-21(22)29)16-25(26,27)28/h10-15,18,30-31H,5-9,16-17,29H2,1-4H3. The number of anilines is 5. The van der Waals surface area contributed by atoms with Crippen LogP contribution in [0.4, 0.5) is 41.6 Å². The van der Waals surface area contributed by atoms with Crippen LogP contribution in [-0.4, -0.2) is 26.3 Å². The van der Waals surface area contributed by atoms with E-state index in [1.807, 2.05) is 13.1 Å². The second-order valence-electron chi connectivity index (χ2n) is 8.27. The number of rotatable bonds is 12. The third kappa shape index (κ3) is 7.53. The van der Waals surface area contributed by atoms with E-state index in [1.165, 1.54) is 37.8 Å². The molecule has 0 aliphatic rings. The van der Waals surface area contributed by atoms with Crippen molar-refractivity contribution in [2.24, 2.45) is 5.92 Å². The van der Waals surface area contributed by atoms with Gasteiger partial charge in [0.15, 0.2) is 0 Å². The SMILES string of the molecule is CCCCC(CC)CN(CC)c1ccc(Nc2ccc(CC(F)(F)F)cc2N)c(NC)c1. The molecule has 4 nitrogen and oxygen atoms in total. The molecule has 1 atom stereocenters. The maximum Gasteiger partial charge on any atom is 0.393 e. The number of hydrogen-bond acceptors (Lipinski definition) is 4. The second-order valence-corrected chi connectivity index (χ2v) is 8.27. The number of nitrogens with two attached hydrogens (primary N) is 1. The monoisotopic (exact) mass is 450 g/mol. The van der Waals surface area contributed by atoms with Gasteiger partial charge >= 0.3 is 6.18 Å². The van der Waals surface area contributed by atoms with Crippen LogP contribution in [0, 0.1) is 5.92 Å². The van der Waals surface area contributed by atoms with Crippen LogP contribution in [0.1, 0.15) is 52.0 Å². The van der Waals surface area contributed by atoms with Crippen molar-refractivity contribution in [2.45, 2.75) is 59.1 Å². The van der Waals surface area contributed by atoms with Crippen molar-refractivity contribution in [3.05, 3.63) is 42.0 Å². The lowest BCUT2D eigenvalue weighted by molar-refractivity contribution is -0.127. The molecule has 0 aliphatic carbocycles. The fraction of sp³-hybridized carbons (Fsp3) is 0.520. The average molecular weight is 451 g/mol. The van der Waals surface area contributed by atoms with E-state index in [1.54, 1.807) is 6.07 Å². The van der Waals surface area contributed by atoms with E-state index in [4.69, 9.17) is 5.73 Å². The molecule has 0 bridgehead atoms. The molecule has 2 rings (SSSR count). The Kier molecular flexibility index (Phi) is 9.54. The van der Waals surface area contributed by atoms with Gasteiger partial charge in [0, 0.05) is 25.8 Å². The Bertz CT molecular complexity index is 852. The topological polar surface area (TPSA) is 53.3 Å². The van der Waals surface area contributed by atoms with Crippen LogP contribution in [0.25, 0.3) is 0 Å². The Morgan fingerprint density at radius 1 is 1.00 bits per heavy atom. The van der Waals surface area contributed by atoms with Gasteiger partial charge in [0.25, 0.3) is 0 Å². The van der Waals surface area contributed by atoms with E-state index < -0.39 is 12.6 Å². The predicted octanol–water partition coefficient (Wildman–Crippen LogP) is 7.20. The lowest BCUT2D eigenvalue weighted by atomic mass is 9.98. The highest BCUT2D eigenvalue weighted by Gasteiger charge is 2.27. The van der Waals surface area contributed by atoms with Gasteiger partial charge in [-0.3, -0.25) is 0 Å². The summed E-state index contributed by atoms with van der Waals surface area (Å²) < 4.78 is 37.9. The van der Waals surface area contributed by atoms with Crippen LogP contribution in [0.15, 0.2) is 36.4 Å². The van der Waals surface area contributed by atoms with E-state index in [-0.39, 0.29) is 11.3 Å². The minimum atomic E-state index is -4.25. The zero-order valence-electron chi connectivity index (χ0n) is 19.6. The normalized spacial score (nSPS) is 12.5. The van der Waals surface area contributed by atoms with Gasteiger partial charge in [-0.05, 0) is 55.2 Å². The fourth-order valence-corrected chi connectivity index (χ4v) is 3.90. The summed E-state index contributed by atoms with van der Waals surface area (Å²) in [7, 11) is 1.85. The highest BCUT2D eigenvalue weighted by Crippen LogP contribution is 2.33. The molecule has 0 fully saturated rings. The third-order valence-corrected chi connectivity index (χ3v) is 5.83. The van der Waals surface area contributed by atoms with Crippen molar-refractivity contribution >= 4 is 28.4 Å². The minimum Gasteiger partial charge on any atom is -0.397 e. The molecule has 4 N–H and O–H groups in total. The number of benzene rings is 2. The van der Waals surface area contributed by atoms with E-state index in [0.29, 0.717) is 11.6 Å². The van der Waals surface area contributed by atoms with Crippen molar-refractivity contribution in [3.63, 3.8) is 0 Å². The van der Waals surface area contributed by atoms with Crippen LogP contribution < -0.4 is 21.3 Å². The Balaban J connectivity index is 2.19. The lowest BCUT2D eigenvalue weighted by Gasteiger charge is -2.29. The van der Waals surface area contributed by atoms with Gasteiger partial charge < -0.3 is 21.3 Å². The Morgan fingerprint density at radius 2 is 1.72 bits per heavy atom. The summed E-state index contributed by atoms with van der Waals surface area (Å²) in [6.45, 7) is 8.60. The van der Waals surface area contributed by atoms with Crippen molar-refractivity contribution in [2.75, 3.05) is 41.4 Å². The number of hydrogen-bond donors (Lipinski definition) is 3. The quantitative estimate of drug-likeness (QED) is 0.299. The molecular formula is C25H37F3N4. The largest absolute Gasteiger partial charge is 0.397 e. The number of alkyl halides is 3. The molecule has 0 saturated carbocycles. The van der Waals surface area contributed by atoms with Crippen LogP contribution in [-0.2, 0) is 6.42 Å². The predicted molar refractivity (Wildman–Crippen MR) is 131 cm³/mol. The summed E-state index contributed by atoms with van der Waals surface area (Å²) in [5, 5.41) is 6.48. The number of unbranched alkanes of at least 4 members (excludes halogenated alkanes) is 1. The van der Waals surface area contributed by atoms with Gasteiger partial charge in [-0.25, -0.2) is 0 Å². The van der Waals surface area contributed by atoms with Gasteiger partial charge in [0.1, 0.15) is 0 Å². The summed E-state index contributed by atoms with van der Waals surface area (Å²) in [4.78, 5) is 2.40. The first-order valence-electron chi connectivity index (χ1n) is 11.5. The molecule has 0 heterocycles. The zero-order valence-corrected chi connectivity index (χ0v) is 19.6. The molecule has 7 heteroatoms. The first-order chi connectivity index (χ1) is 15.2. The molecule has 32 heavy (non-hydrogen) atoms. The van der Waals surface area contributed by atoms with Crippen LogP contribution in [0.3, 0.4) is 0 Å². The second kappa shape index (κ2) is 11.9. The van der Waals surface area contributed by atoms with Crippen LogP contribution >= 0.6 is 0 Å². The van der Waals surface area contributed by atoms with Gasteiger partial charge in [-0.15, -0.1) is 0 Å². The summed E-state index contributed by atoms with van der Waals surface area (Å²) >= 11 is 0. The molecule has 0 aromatic heterocycles. The third-order valence-electron chi connectivity index (χ3n) is 5.83. The minimum absolute atomic E-state index is 0.150. The summed E-state index contributed by atoms with van der Waals surface area (Å²) in [5.74, 6) is 0.667. The molecule has 0 saturated heterocycles. The molecule has 178 valence electrons. The average Bonchev–Trinajstić information content (AvgIpc) is 2.75. The highest BCUT2D eigenvalue weighted by atomic mass is 19.4. The first kappa shape index (κ1) is 25.7. The summed E-state index contributed by atoms with van der Waals surface area (Å²) in [6, 6.07) is 10.6. The maximum atomic E-state index is 12.6. The van der Waals surface area contributed by atoms with Crippen molar-refractivity contribution < 1.29 is 13.2 Å². The van der Waals surface area contributed by atoms with Crippen molar-refractivity contribution in [1.29, 1.82) is 0 Å². The Hall–Kier alpha value is -2.57. The van der Waals surface area contributed by atoms with Crippen molar-refractivity contribution in [1.82, 2.24) is 0 Å².